The summed E-state index contributed by atoms with van der Waals surface area (Å²) < 4.78 is 30.4. The zero-order valence-electron chi connectivity index (χ0n) is 9.40. The molecule has 0 aliphatic rings. The van der Waals surface area contributed by atoms with Crippen molar-refractivity contribution in [1.82, 2.24) is 9.03 Å². The molecule has 96 valence electrons. The van der Waals surface area contributed by atoms with Gasteiger partial charge in [0.1, 0.15) is 0 Å². The third kappa shape index (κ3) is 5.53. The van der Waals surface area contributed by atoms with Crippen molar-refractivity contribution in [3.05, 3.63) is 0 Å². The molecular weight excluding hydrogens is 256 g/mol. The molecule has 0 spiro atoms. The molecule has 0 aromatic heterocycles. The summed E-state index contributed by atoms with van der Waals surface area (Å²) in [6.45, 7) is 2.43. The number of rotatable bonds is 7. The Morgan fingerprint density at radius 2 is 2.06 bits per heavy atom. The van der Waals surface area contributed by atoms with Crippen LogP contribution in [-0.4, -0.2) is 44.9 Å². The van der Waals surface area contributed by atoms with Gasteiger partial charge in [-0.2, -0.15) is 12.7 Å². The molecule has 0 unspecified atom stereocenters. The quantitative estimate of drug-likeness (QED) is 0.700. The van der Waals surface area contributed by atoms with E-state index < -0.39 is 16.3 Å². The number of carbonyl (C=O) groups is 1. The second-order valence-corrected chi connectivity index (χ2v) is 5.09. The first-order valence-electron chi connectivity index (χ1n) is 4.89. The van der Waals surface area contributed by atoms with E-state index in [1.807, 2.05) is 6.92 Å². The van der Waals surface area contributed by atoms with Crippen LogP contribution in [0, 0.1) is 0 Å². The van der Waals surface area contributed by atoms with Gasteiger partial charge in [0.2, 0.25) is 0 Å². The number of nitrogens with zero attached hydrogens (tertiary/aromatic N) is 1. The molecule has 0 fully saturated rings. The summed E-state index contributed by atoms with van der Waals surface area (Å²) in [6, 6.07) is 0. The number of hydrogen-bond donors (Lipinski definition) is 1. The summed E-state index contributed by atoms with van der Waals surface area (Å²) in [5, 5.41) is 0. The first-order valence-corrected chi connectivity index (χ1v) is 6.87. The zero-order valence-corrected chi connectivity index (χ0v) is 11.0. The van der Waals surface area contributed by atoms with E-state index in [1.54, 1.807) is 4.72 Å². The van der Waals surface area contributed by atoms with Gasteiger partial charge < -0.3 is 4.74 Å². The number of carbonyl (C=O) groups excluding carboxylic acids is 1. The van der Waals surface area contributed by atoms with Crippen molar-refractivity contribution in [2.45, 2.75) is 19.8 Å². The SMILES string of the molecule is CCCCN(CCCl)S(=O)(=O)NC(=O)OC. The van der Waals surface area contributed by atoms with Gasteiger partial charge >= 0.3 is 16.3 Å². The van der Waals surface area contributed by atoms with Crippen LogP contribution in [0.5, 0.6) is 0 Å². The highest BCUT2D eigenvalue weighted by Gasteiger charge is 2.23. The zero-order chi connectivity index (χ0) is 12.6. The molecule has 0 saturated heterocycles. The highest BCUT2D eigenvalue weighted by atomic mass is 35.5. The molecule has 0 radical (unpaired) electrons. The normalized spacial score (nSPS) is 11.5. The van der Waals surface area contributed by atoms with E-state index in [4.69, 9.17) is 11.6 Å². The number of nitrogens with one attached hydrogen (secondary N) is 1. The van der Waals surface area contributed by atoms with Crippen LogP contribution in [-0.2, 0) is 14.9 Å². The second-order valence-electron chi connectivity index (χ2n) is 3.04. The van der Waals surface area contributed by atoms with Crippen LogP contribution < -0.4 is 4.72 Å². The van der Waals surface area contributed by atoms with Crippen LogP contribution in [0.4, 0.5) is 4.79 Å². The van der Waals surface area contributed by atoms with Crippen molar-refractivity contribution in [2.24, 2.45) is 0 Å². The van der Waals surface area contributed by atoms with E-state index in [9.17, 15) is 13.2 Å². The van der Waals surface area contributed by atoms with Crippen molar-refractivity contribution in [3.8, 4) is 0 Å². The average molecular weight is 273 g/mol. The van der Waals surface area contributed by atoms with Crippen molar-refractivity contribution >= 4 is 27.9 Å². The number of hydrogen-bond acceptors (Lipinski definition) is 4. The van der Waals surface area contributed by atoms with Gasteiger partial charge in [0.05, 0.1) is 7.11 Å². The molecule has 6 nitrogen and oxygen atoms in total. The Kier molecular flexibility index (Phi) is 7.44. The second kappa shape index (κ2) is 7.70. The monoisotopic (exact) mass is 272 g/mol. The summed E-state index contributed by atoms with van der Waals surface area (Å²) >= 11 is 5.50. The summed E-state index contributed by atoms with van der Waals surface area (Å²) in [7, 11) is -2.74. The van der Waals surface area contributed by atoms with Gasteiger partial charge in [-0.1, -0.05) is 13.3 Å². The van der Waals surface area contributed by atoms with E-state index in [-0.39, 0.29) is 12.4 Å². The molecule has 0 heterocycles. The number of unbranched alkanes of at least 4 members (excludes halogenated alkanes) is 1. The number of halogens is 1. The molecule has 0 aromatic rings. The molecule has 0 atom stereocenters. The summed E-state index contributed by atoms with van der Waals surface area (Å²) in [4.78, 5) is 10.8. The Balaban J connectivity index is 4.55. The van der Waals surface area contributed by atoms with E-state index >= 15 is 0 Å². The predicted octanol–water partition coefficient (Wildman–Crippen LogP) is 0.928. The Hall–Kier alpha value is -0.530. The van der Waals surface area contributed by atoms with Gasteiger partial charge in [-0.15, -0.1) is 11.6 Å². The van der Waals surface area contributed by atoms with E-state index in [1.165, 1.54) is 0 Å². The minimum atomic E-state index is -3.84. The van der Waals surface area contributed by atoms with Crippen LogP contribution in [0.1, 0.15) is 19.8 Å². The smallest absolute Gasteiger partial charge is 0.421 e. The molecule has 16 heavy (non-hydrogen) atoms. The topological polar surface area (TPSA) is 75.7 Å². The van der Waals surface area contributed by atoms with E-state index in [0.29, 0.717) is 13.0 Å². The van der Waals surface area contributed by atoms with E-state index in [2.05, 4.69) is 4.74 Å². The van der Waals surface area contributed by atoms with Crippen molar-refractivity contribution in [1.29, 1.82) is 0 Å². The van der Waals surface area contributed by atoms with Crippen LogP contribution in [0.25, 0.3) is 0 Å². The number of methoxy groups -OCH3 is 1. The molecule has 0 aliphatic carbocycles. The van der Waals surface area contributed by atoms with E-state index in [0.717, 1.165) is 17.8 Å². The van der Waals surface area contributed by atoms with Gasteiger partial charge in [-0.05, 0) is 6.42 Å². The number of alkyl halides is 1. The summed E-state index contributed by atoms with van der Waals surface area (Å²) in [6.07, 6.45) is 0.557. The van der Waals surface area contributed by atoms with Crippen molar-refractivity contribution in [3.63, 3.8) is 0 Å². The molecule has 0 bridgehead atoms. The first-order chi connectivity index (χ1) is 7.47. The minimum Gasteiger partial charge on any atom is -0.452 e. The fourth-order valence-corrected chi connectivity index (χ4v) is 2.42. The third-order valence-corrected chi connectivity index (χ3v) is 3.47. The highest BCUT2D eigenvalue weighted by molar-refractivity contribution is 7.87. The Bertz CT molecular complexity index is 307. The Morgan fingerprint density at radius 3 is 2.50 bits per heavy atom. The van der Waals surface area contributed by atoms with Gasteiger partial charge in [-0.3, -0.25) is 0 Å². The van der Waals surface area contributed by atoms with Gasteiger partial charge in [0.25, 0.3) is 0 Å². The molecule has 0 saturated carbocycles. The number of ether oxygens (including phenoxy) is 1. The minimum absolute atomic E-state index is 0.161. The van der Waals surface area contributed by atoms with Crippen LogP contribution in [0.3, 0.4) is 0 Å². The fourth-order valence-electron chi connectivity index (χ4n) is 0.992. The molecular formula is C8H17ClN2O4S. The maximum Gasteiger partial charge on any atom is 0.421 e. The largest absolute Gasteiger partial charge is 0.452 e. The third-order valence-electron chi connectivity index (χ3n) is 1.83. The maximum absolute atomic E-state index is 11.7. The van der Waals surface area contributed by atoms with Crippen molar-refractivity contribution < 1.29 is 17.9 Å². The lowest BCUT2D eigenvalue weighted by atomic mass is 10.3. The fraction of sp³-hybridized carbons (Fsp3) is 0.875. The van der Waals surface area contributed by atoms with Gasteiger partial charge in [0.15, 0.2) is 0 Å². The highest BCUT2D eigenvalue weighted by Crippen LogP contribution is 2.02. The maximum atomic E-state index is 11.7. The van der Waals surface area contributed by atoms with Crippen LogP contribution >= 0.6 is 11.6 Å². The Labute approximate surface area is 101 Å². The van der Waals surface area contributed by atoms with Crippen LogP contribution in [0.2, 0.25) is 0 Å². The standard InChI is InChI=1S/C8H17ClN2O4S/c1-3-4-6-11(7-5-9)16(13,14)10-8(12)15-2/h3-7H2,1-2H3,(H,10,12). The lowest BCUT2D eigenvalue weighted by Gasteiger charge is -2.20. The first kappa shape index (κ1) is 15.5. The molecule has 1 amide bonds. The van der Waals surface area contributed by atoms with Gasteiger partial charge in [0, 0.05) is 19.0 Å². The molecule has 0 aromatic carbocycles. The summed E-state index contributed by atoms with van der Waals surface area (Å²) in [5.74, 6) is 0.172. The lowest BCUT2D eigenvalue weighted by Crippen LogP contribution is -2.44. The lowest BCUT2D eigenvalue weighted by molar-refractivity contribution is 0.177. The molecule has 0 rings (SSSR count). The van der Waals surface area contributed by atoms with Crippen molar-refractivity contribution in [2.75, 3.05) is 26.1 Å². The average Bonchev–Trinajstić information content (AvgIpc) is 2.23. The molecule has 1 N–H and O–H groups in total. The Morgan fingerprint density at radius 1 is 1.44 bits per heavy atom. The summed E-state index contributed by atoms with van der Waals surface area (Å²) in [5.41, 5.74) is 0. The molecule has 8 heteroatoms. The number of amides is 1. The van der Waals surface area contributed by atoms with Crippen LogP contribution in [0.15, 0.2) is 0 Å². The van der Waals surface area contributed by atoms with Gasteiger partial charge in [-0.25, -0.2) is 9.52 Å². The predicted molar refractivity (Wildman–Crippen MR) is 61.7 cm³/mol. The molecule has 0 aliphatic heterocycles.